The van der Waals surface area contributed by atoms with Crippen molar-refractivity contribution in [3.05, 3.63) is 71.8 Å². The van der Waals surface area contributed by atoms with Gasteiger partial charge in [0.05, 0.1) is 6.04 Å². The summed E-state index contributed by atoms with van der Waals surface area (Å²) in [6.07, 6.45) is 3.85. The Morgan fingerprint density at radius 2 is 1.83 bits per heavy atom. The van der Waals surface area contributed by atoms with Gasteiger partial charge in [0.2, 0.25) is 5.91 Å². The number of amides is 1. The average Bonchev–Trinajstić information content (AvgIpc) is 2.53. The molecule has 1 amide bonds. The molecule has 0 bridgehead atoms. The Hall–Kier alpha value is -2.69. The van der Waals surface area contributed by atoms with Crippen LogP contribution in [0, 0.1) is 0 Å². The van der Waals surface area contributed by atoms with Crippen LogP contribution in [0.4, 0.5) is 8.78 Å². The lowest BCUT2D eigenvalue weighted by Crippen LogP contribution is -2.44. The summed E-state index contributed by atoms with van der Waals surface area (Å²) < 4.78 is 29.3. The highest BCUT2D eigenvalue weighted by Crippen LogP contribution is 2.33. The molecular formula is C19H17F2NO2. The largest absolute Gasteiger partial charge is 0.434 e. The second-order valence-corrected chi connectivity index (χ2v) is 5.50. The van der Waals surface area contributed by atoms with Crippen molar-refractivity contribution >= 4 is 12.0 Å². The minimum absolute atomic E-state index is 0.0553. The molecule has 0 spiro atoms. The number of nitrogens with zero attached hydrogens (tertiary/aromatic N) is 1. The van der Waals surface area contributed by atoms with E-state index in [1.807, 2.05) is 30.3 Å². The van der Waals surface area contributed by atoms with E-state index in [9.17, 15) is 13.6 Å². The maximum absolute atomic E-state index is 12.4. The predicted octanol–water partition coefficient (Wildman–Crippen LogP) is 4.27. The normalized spacial score (nSPS) is 17.1. The summed E-state index contributed by atoms with van der Waals surface area (Å²) in [5, 5.41) is 0. The van der Waals surface area contributed by atoms with Crippen molar-refractivity contribution in [1.29, 1.82) is 0 Å². The van der Waals surface area contributed by atoms with Gasteiger partial charge in [-0.2, -0.15) is 8.78 Å². The van der Waals surface area contributed by atoms with Gasteiger partial charge >= 0.3 is 6.61 Å². The molecule has 1 heterocycles. The van der Waals surface area contributed by atoms with Gasteiger partial charge in [-0.1, -0.05) is 48.5 Å². The minimum Gasteiger partial charge on any atom is -0.434 e. The average molecular weight is 329 g/mol. The van der Waals surface area contributed by atoms with Crippen LogP contribution in [-0.4, -0.2) is 24.0 Å². The quantitative estimate of drug-likeness (QED) is 0.767. The summed E-state index contributed by atoms with van der Waals surface area (Å²) in [6, 6.07) is 16.3. The lowest BCUT2D eigenvalue weighted by molar-refractivity contribution is -0.133. The molecule has 1 aliphatic rings. The molecule has 1 atom stereocenters. The molecule has 0 radical (unpaired) electrons. The number of rotatable bonds is 5. The number of para-hydroxylation sites is 1. The van der Waals surface area contributed by atoms with Gasteiger partial charge in [-0.15, -0.1) is 0 Å². The van der Waals surface area contributed by atoms with Crippen LogP contribution >= 0.6 is 0 Å². The number of benzene rings is 2. The van der Waals surface area contributed by atoms with Crippen molar-refractivity contribution in [3.63, 3.8) is 0 Å². The van der Waals surface area contributed by atoms with E-state index >= 15 is 0 Å². The summed E-state index contributed by atoms with van der Waals surface area (Å²) in [7, 11) is 0. The van der Waals surface area contributed by atoms with Crippen LogP contribution in [0.2, 0.25) is 0 Å². The number of likely N-dealkylation sites (tertiary alicyclic amines) is 1. The van der Waals surface area contributed by atoms with E-state index in [0.29, 0.717) is 12.1 Å². The van der Waals surface area contributed by atoms with Crippen LogP contribution < -0.4 is 4.74 Å². The molecule has 1 saturated heterocycles. The van der Waals surface area contributed by atoms with E-state index in [0.717, 1.165) is 12.0 Å². The number of carbonyl (C=O) groups excluding carboxylic acids is 1. The molecule has 2 aromatic carbocycles. The highest BCUT2D eigenvalue weighted by molar-refractivity contribution is 5.93. The summed E-state index contributed by atoms with van der Waals surface area (Å²) in [4.78, 5) is 14.1. The zero-order chi connectivity index (χ0) is 16.9. The standard InChI is InChI=1S/C19H17F2NO2/c20-19(21)24-17-9-5-4-8-15(17)10-11-18(23)22-13-12-16(22)14-6-2-1-3-7-14/h1-11,16,19H,12-13H2. The zero-order valence-electron chi connectivity index (χ0n) is 12.9. The first-order valence-corrected chi connectivity index (χ1v) is 7.72. The third-order valence-electron chi connectivity index (χ3n) is 4.03. The molecule has 1 aliphatic heterocycles. The third kappa shape index (κ3) is 3.62. The Bertz CT molecular complexity index is 731. The number of carbonyl (C=O) groups is 1. The van der Waals surface area contributed by atoms with E-state index in [2.05, 4.69) is 4.74 Å². The molecule has 3 nitrogen and oxygen atoms in total. The molecule has 3 rings (SSSR count). The summed E-state index contributed by atoms with van der Waals surface area (Å²) in [5.41, 5.74) is 1.55. The Morgan fingerprint density at radius 1 is 1.12 bits per heavy atom. The van der Waals surface area contributed by atoms with Crippen LogP contribution in [0.15, 0.2) is 60.7 Å². The topological polar surface area (TPSA) is 29.5 Å². The van der Waals surface area contributed by atoms with Crippen LogP contribution in [0.25, 0.3) is 6.08 Å². The number of ether oxygens (including phenoxy) is 1. The second kappa shape index (κ2) is 7.25. The van der Waals surface area contributed by atoms with Crippen LogP contribution in [0.3, 0.4) is 0 Å². The summed E-state index contributed by atoms with van der Waals surface area (Å²) in [6.45, 7) is -2.20. The van der Waals surface area contributed by atoms with Gasteiger partial charge in [0.15, 0.2) is 0 Å². The summed E-state index contributed by atoms with van der Waals surface area (Å²) in [5.74, 6) is -0.0817. The van der Waals surface area contributed by atoms with Crippen LogP contribution in [-0.2, 0) is 4.79 Å². The van der Waals surface area contributed by atoms with E-state index in [1.54, 1.807) is 23.1 Å². The Morgan fingerprint density at radius 3 is 2.50 bits per heavy atom. The molecule has 1 unspecified atom stereocenters. The number of hydrogen-bond acceptors (Lipinski definition) is 2. The number of alkyl halides is 2. The molecule has 1 fully saturated rings. The Kier molecular flexibility index (Phi) is 4.89. The maximum Gasteiger partial charge on any atom is 0.387 e. The monoisotopic (exact) mass is 329 g/mol. The lowest BCUT2D eigenvalue weighted by Gasteiger charge is -2.40. The van der Waals surface area contributed by atoms with Crippen LogP contribution in [0.5, 0.6) is 5.75 Å². The molecule has 24 heavy (non-hydrogen) atoms. The van der Waals surface area contributed by atoms with Crippen LogP contribution in [0.1, 0.15) is 23.6 Å². The first-order valence-electron chi connectivity index (χ1n) is 7.72. The molecule has 0 N–H and O–H groups in total. The Labute approximate surface area is 139 Å². The summed E-state index contributed by atoms with van der Waals surface area (Å²) >= 11 is 0. The predicted molar refractivity (Wildman–Crippen MR) is 87.6 cm³/mol. The van der Waals surface area contributed by atoms with Gasteiger partial charge in [-0.05, 0) is 24.1 Å². The van der Waals surface area contributed by atoms with Crippen molar-refractivity contribution in [2.24, 2.45) is 0 Å². The van der Waals surface area contributed by atoms with E-state index in [4.69, 9.17) is 0 Å². The van der Waals surface area contributed by atoms with Gasteiger partial charge in [-0.25, -0.2) is 0 Å². The van der Waals surface area contributed by atoms with Gasteiger partial charge in [-0.3, -0.25) is 4.79 Å². The fourth-order valence-electron chi connectivity index (χ4n) is 2.75. The smallest absolute Gasteiger partial charge is 0.387 e. The van der Waals surface area contributed by atoms with E-state index in [-0.39, 0.29) is 17.7 Å². The zero-order valence-corrected chi connectivity index (χ0v) is 12.9. The van der Waals surface area contributed by atoms with Gasteiger partial charge in [0.1, 0.15) is 5.75 Å². The Balaban J connectivity index is 1.70. The van der Waals surface area contributed by atoms with E-state index in [1.165, 1.54) is 18.2 Å². The highest BCUT2D eigenvalue weighted by atomic mass is 19.3. The molecule has 0 saturated carbocycles. The lowest BCUT2D eigenvalue weighted by atomic mass is 9.94. The van der Waals surface area contributed by atoms with Gasteiger partial charge in [0.25, 0.3) is 0 Å². The number of hydrogen-bond donors (Lipinski definition) is 0. The van der Waals surface area contributed by atoms with Crippen molar-refractivity contribution in [2.75, 3.05) is 6.54 Å². The third-order valence-corrected chi connectivity index (χ3v) is 4.03. The second-order valence-electron chi connectivity index (χ2n) is 5.50. The van der Waals surface area contributed by atoms with E-state index < -0.39 is 6.61 Å². The van der Waals surface area contributed by atoms with Crippen molar-refractivity contribution in [3.8, 4) is 5.75 Å². The molecule has 2 aromatic rings. The van der Waals surface area contributed by atoms with Gasteiger partial charge < -0.3 is 9.64 Å². The highest BCUT2D eigenvalue weighted by Gasteiger charge is 2.31. The SMILES string of the molecule is O=C(C=Cc1ccccc1OC(F)F)N1CCC1c1ccccc1. The van der Waals surface area contributed by atoms with Crippen molar-refractivity contribution in [2.45, 2.75) is 19.1 Å². The van der Waals surface area contributed by atoms with Crippen molar-refractivity contribution in [1.82, 2.24) is 4.90 Å². The molecular weight excluding hydrogens is 312 g/mol. The number of halogens is 2. The fourth-order valence-corrected chi connectivity index (χ4v) is 2.75. The molecule has 0 aromatic heterocycles. The first kappa shape index (κ1) is 16.2. The van der Waals surface area contributed by atoms with Crippen molar-refractivity contribution < 1.29 is 18.3 Å². The molecule has 124 valence electrons. The molecule has 0 aliphatic carbocycles. The maximum atomic E-state index is 12.4. The molecule has 5 heteroatoms. The van der Waals surface area contributed by atoms with Gasteiger partial charge in [0, 0.05) is 18.2 Å². The fraction of sp³-hybridized carbons (Fsp3) is 0.211. The first-order chi connectivity index (χ1) is 11.6. The minimum atomic E-state index is -2.90.